The van der Waals surface area contributed by atoms with Crippen LogP contribution in [0.3, 0.4) is 0 Å². The van der Waals surface area contributed by atoms with Gasteiger partial charge in [-0.15, -0.1) is 5.54 Å². The molecule has 0 spiro atoms. The molecule has 1 atom stereocenters. The SMILES string of the molecule is CC1(C)CCC(C)(C)c2c(C(O)C#C[Si](C)(C)C)cc(-c3ccccc3)cc21. The average Bonchev–Trinajstić information content (AvgIpc) is 2.63. The maximum atomic E-state index is 11.2. The van der Waals surface area contributed by atoms with Crippen LogP contribution in [-0.4, -0.2) is 13.2 Å². The van der Waals surface area contributed by atoms with Gasteiger partial charge in [0.2, 0.25) is 0 Å². The van der Waals surface area contributed by atoms with Gasteiger partial charge in [-0.1, -0.05) is 89.7 Å². The van der Waals surface area contributed by atoms with Crippen molar-refractivity contribution in [3.05, 3.63) is 59.2 Å². The molecular formula is C26H34OSi. The van der Waals surface area contributed by atoms with Crippen LogP contribution in [0.2, 0.25) is 19.6 Å². The number of rotatable bonds is 2. The van der Waals surface area contributed by atoms with E-state index in [0.29, 0.717) is 0 Å². The maximum absolute atomic E-state index is 11.2. The number of aliphatic hydroxyl groups is 1. The standard InChI is InChI=1S/C26H34OSi/c1-25(2)14-15-26(3,4)24-21(23(27)13-16-28(5,6)7)17-20(18-22(24)25)19-11-9-8-10-12-19/h8-12,17-18,23,27H,14-15H2,1-7H3. The molecule has 148 valence electrons. The minimum atomic E-state index is -1.55. The van der Waals surface area contributed by atoms with E-state index in [1.165, 1.54) is 22.3 Å². The second-order valence-electron chi connectivity index (χ2n) is 10.5. The summed E-state index contributed by atoms with van der Waals surface area (Å²) in [6.07, 6.45) is 1.54. The van der Waals surface area contributed by atoms with Crippen molar-refractivity contribution >= 4 is 8.07 Å². The van der Waals surface area contributed by atoms with Crippen molar-refractivity contribution in [1.82, 2.24) is 0 Å². The molecule has 1 N–H and O–H groups in total. The van der Waals surface area contributed by atoms with E-state index in [1.807, 2.05) is 6.07 Å². The summed E-state index contributed by atoms with van der Waals surface area (Å²) in [6, 6.07) is 15.0. The molecule has 0 amide bonds. The summed E-state index contributed by atoms with van der Waals surface area (Å²) in [7, 11) is -1.55. The molecular weight excluding hydrogens is 356 g/mol. The van der Waals surface area contributed by atoms with Crippen LogP contribution < -0.4 is 0 Å². The fourth-order valence-electron chi connectivity index (χ4n) is 4.21. The van der Waals surface area contributed by atoms with Gasteiger partial charge < -0.3 is 5.11 Å². The Morgan fingerprint density at radius 1 is 0.893 bits per heavy atom. The molecule has 0 fully saturated rings. The van der Waals surface area contributed by atoms with E-state index in [1.54, 1.807) is 0 Å². The largest absolute Gasteiger partial charge is 0.376 e. The first kappa shape index (κ1) is 20.9. The Morgan fingerprint density at radius 2 is 1.50 bits per heavy atom. The topological polar surface area (TPSA) is 20.2 Å². The van der Waals surface area contributed by atoms with Crippen LogP contribution in [-0.2, 0) is 10.8 Å². The van der Waals surface area contributed by atoms with Crippen LogP contribution in [0.5, 0.6) is 0 Å². The summed E-state index contributed by atoms with van der Waals surface area (Å²) in [5, 5.41) is 11.2. The zero-order chi connectivity index (χ0) is 20.7. The van der Waals surface area contributed by atoms with Gasteiger partial charge in [-0.2, -0.15) is 0 Å². The molecule has 1 aliphatic rings. The van der Waals surface area contributed by atoms with Gasteiger partial charge in [0.15, 0.2) is 0 Å². The Kier molecular flexibility index (Phi) is 5.38. The molecule has 0 aromatic heterocycles. The molecule has 0 aliphatic heterocycles. The van der Waals surface area contributed by atoms with Crippen LogP contribution in [0, 0.1) is 11.5 Å². The third-order valence-electron chi connectivity index (χ3n) is 5.94. The number of fused-ring (bicyclic) bond motifs is 1. The summed E-state index contributed by atoms with van der Waals surface area (Å²) in [6.45, 7) is 15.9. The first-order chi connectivity index (χ1) is 12.9. The third kappa shape index (κ3) is 4.27. The second-order valence-corrected chi connectivity index (χ2v) is 15.3. The van der Waals surface area contributed by atoms with Gasteiger partial charge in [0.25, 0.3) is 0 Å². The van der Waals surface area contributed by atoms with Crippen molar-refractivity contribution in [2.24, 2.45) is 0 Å². The molecule has 0 heterocycles. The molecule has 0 bridgehead atoms. The van der Waals surface area contributed by atoms with Crippen LogP contribution in [0.15, 0.2) is 42.5 Å². The molecule has 2 aromatic carbocycles. The lowest BCUT2D eigenvalue weighted by Crippen LogP contribution is -2.35. The first-order valence-electron chi connectivity index (χ1n) is 10.4. The summed E-state index contributed by atoms with van der Waals surface area (Å²) >= 11 is 0. The quantitative estimate of drug-likeness (QED) is 0.451. The van der Waals surface area contributed by atoms with E-state index in [0.717, 1.165) is 18.4 Å². The molecule has 1 aliphatic carbocycles. The lowest BCUT2D eigenvalue weighted by atomic mass is 9.61. The lowest BCUT2D eigenvalue weighted by molar-refractivity contribution is 0.230. The monoisotopic (exact) mass is 390 g/mol. The predicted octanol–water partition coefficient (Wildman–Crippen LogP) is 6.62. The van der Waals surface area contributed by atoms with Crippen molar-refractivity contribution in [1.29, 1.82) is 0 Å². The smallest absolute Gasteiger partial charge is 0.139 e. The van der Waals surface area contributed by atoms with Crippen molar-refractivity contribution in [2.45, 2.75) is 77.1 Å². The van der Waals surface area contributed by atoms with Crippen LogP contribution in [0.4, 0.5) is 0 Å². The molecule has 0 radical (unpaired) electrons. The van der Waals surface area contributed by atoms with E-state index in [-0.39, 0.29) is 10.8 Å². The van der Waals surface area contributed by atoms with Gasteiger partial charge in [0, 0.05) is 0 Å². The molecule has 2 aromatic rings. The van der Waals surface area contributed by atoms with Crippen LogP contribution in [0.25, 0.3) is 11.1 Å². The second kappa shape index (κ2) is 7.21. The molecule has 0 saturated carbocycles. The van der Waals surface area contributed by atoms with Crippen LogP contribution >= 0.6 is 0 Å². The van der Waals surface area contributed by atoms with E-state index < -0.39 is 14.2 Å². The van der Waals surface area contributed by atoms with Crippen molar-refractivity contribution < 1.29 is 5.11 Å². The highest BCUT2D eigenvalue weighted by Crippen LogP contribution is 2.49. The van der Waals surface area contributed by atoms with Gasteiger partial charge in [0.05, 0.1) is 0 Å². The summed E-state index contributed by atoms with van der Waals surface area (Å²) in [5.41, 5.74) is 9.55. The molecule has 3 rings (SSSR count). The Balaban J connectivity index is 2.28. The van der Waals surface area contributed by atoms with Crippen molar-refractivity contribution in [3.8, 4) is 22.6 Å². The number of hydrogen-bond acceptors (Lipinski definition) is 1. The first-order valence-corrected chi connectivity index (χ1v) is 13.9. The van der Waals surface area contributed by atoms with Crippen molar-refractivity contribution in [3.63, 3.8) is 0 Å². The van der Waals surface area contributed by atoms with E-state index >= 15 is 0 Å². The summed E-state index contributed by atoms with van der Waals surface area (Å²) in [4.78, 5) is 0. The Hall–Kier alpha value is -1.82. The third-order valence-corrected chi connectivity index (χ3v) is 6.83. The molecule has 2 heteroatoms. The number of aliphatic hydroxyl groups excluding tert-OH is 1. The van der Waals surface area contributed by atoms with Gasteiger partial charge in [-0.3, -0.25) is 0 Å². The van der Waals surface area contributed by atoms with Gasteiger partial charge in [0.1, 0.15) is 14.2 Å². The Morgan fingerprint density at radius 3 is 2.11 bits per heavy atom. The Bertz CT molecular complexity index is 921. The van der Waals surface area contributed by atoms with Crippen molar-refractivity contribution in [2.75, 3.05) is 0 Å². The minimum absolute atomic E-state index is 0.0389. The van der Waals surface area contributed by atoms with Gasteiger partial charge >= 0.3 is 0 Å². The highest BCUT2D eigenvalue weighted by molar-refractivity contribution is 6.83. The number of benzene rings is 2. The van der Waals surface area contributed by atoms with Gasteiger partial charge in [-0.05, 0) is 57.6 Å². The fourth-order valence-corrected chi connectivity index (χ4v) is 4.78. The highest BCUT2D eigenvalue weighted by Gasteiger charge is 2.39. The lowest BCUT2D eigenvalue weighted by Gasteiger charge is -2.43. The molecule has 0 saturated heterocycles. The van der Waals surface area contributed by atoms with Gasteiger partial charge in [-0.25, -0.2) is 0 Å². The number of hydrogen-bond donors (Lipinski definition) is 1. The maximum Gasteiger partial charge on any atom is 0.139 e. The minimum Gasteiger partial charge on any atom is -0.376 e. The Labute approximate surface area is 172 Å². The van der Waals surface area contributed by atoms with E-state index in [4.69, 9.17) is 0 Å². The summed E-state index contributed by atoms with van der Waals surface area (Å²) in [5.74, 6) is 3.20. The normalized spacial score (nSPS) is 18.6. The average molecular weight is 391 g/mol. The predicted molar refractivity (Wildman–Crippen MR) is 123 cm³/mol. The zero-order valence-electron chi connectivity index (χ0n) is 18.5. The van der Waals surface area contributed by atoms with Crippen LogP contribution in [0.1, 0.15) is 63.3 Å². The highest BCUT2D eigenvalue weighted by atomic mass is 28.3. The molecule has 1 unspecified atom stereocenters. The zero-order valence-corrected chi connectivity index (χ0v) is 19.5. The van der Waals surface area contributed by atoms with E-state index in [2.05, 4.69) is 95.2 Å². The summed E-state index contributed by atoms with van der Waals surface area (Å²) < 4.78 is 0. The molecule has 28 heavy (non-hydrogen) atoms. The fraction of sp³-hybridized carbons (Fsp3) is 0.462. The van der Waals surface area contributed by atoms with E-state index in [9.17, 15) is 5.11 Å². The molecule has 1 nitrogen and oxygen atoms in total.